The second-order valence-electron chi connectivity index (χ2n) is 10.5. The molecule has 1 aromatic carbocycles. The summed E-state index contributed by atoms with van der Waals surface area (Å²) in [6, 6.07) is 9.70. The number of hydrogen-bond donors (Lipinski definition) is 1. The smallest absolute Gasteiger partial charge is 0.251 e. The Hall–Kier alpha value is -4.06. The van der Waals surface area contributed by atoms with Gasteiger partial charge in [-0.2, -0.15) is 5.26 Å². The van der Waals surface area contributed by atoms with Crippen molar-refractivity contribution in [3.63, 3.8) is 0 Å². The molecule has 1 saturated heterocycles. The van der Waals surface area contributed by atoms with Crippen LogP contribution in [0.4, 0.5) is 24.7 Å². The number of halogens is 4. The van der Waals surface area contributed by atoms with Crippen LogP contribution in [0.1, 0.15) is 55.7 Å². The lowest BCUT2D eigenvalue weighted by atomic mass is 9.91. The van der Waals surface area contributed by atoms with E-state index in [2.05, 4.69) is 15.3 Å². The predicted octanol–water partition coefficient (Wildman–Crippen LogP) is 5.06. The Labute approximate surface area is 259 Å². The number of hydrogen-bond acceptors (Lipinski definition) is 6. The van der Waals surface area contributed by atoms with Gasteiger partial charge in [0, 0.05) is 41.1 Å². The van der Waals surface area contributed by atoms with Gasteiger partial charge in [0.25, 0.3) is 5.91 Å². The zero-order valence-electron chi connectivity index (χ0n) is 22.7. The third-order valence-electron chi connectivity index (χ3n) is 7.59. The van der Waals surface area contributed by atoms with E-state index < -0.39 is 47.6 Å². The number of amides is 3. The molecule has 3 amide bonds. The standard InChI is InChI=1S/C30H26F3IN6O3/c31-19-14-21(17-36-16-19)39(29(43)24-5-6-26(41)40(24)25-13-18(15-35)9-12-37-25)27(22-3-1-2-4-23(22)34)28(42)38-20-7-10-30(32,33)11-8-20/h1-4,9,12-14,16-17,20,24,27H,5-8,10-11H2,(H,38,42)/t24-,27-/m0/s1. The molecule has 1 N–H and O–H groups in total. The van der Waals surface area contributed by atoms with Gasteiger partial charge in [0.05, 0.1) is 29.7 Å². The molecule has 5 rings (SSSR count). The van der Waals surface area contributed by atoms with Crippen molar-refractivity contribution in [3.8, 4) is 6.07 Å². The van der Waals surface area contributed by atoms with Crippen molar-refractivity contribution < 1.29 is 27.6 Å². The summed E-state index contributed by atoms with van der Waals surface area (Å²) in [6.45, 7) is 0. The van der Waals surface area contributed by atoms with Crippen LogP contribution in [0.3, 0.4) is 0 Å². The zero-order valence-corrected chi connectivity index (χ0v) is 24.9. The third kappa shape index (κ3) is 6.64. The number of rotatable bonds is 7. The van der Waals surface area contributed by atoms with E-state index in [9.17, 15) is 32.8 Å². The maximum atomic E-state index is 14.6. The Morgan fingerprint density at radius 2 is 1.88 bits per heavy atom. The molecule has 222 valence electrons. The fourth-order valence-electron chi connectivity index (χ4n) is 5.48. The van der Waals surface area contributed by atoms with E-state index in [1.54, 1.807) is 24.3 Å². The van der Waals surface area contributed by atoms with Crippen molar-refractivity contribution in [2.75, 3.05) is 9.80 Å². The van der Waals surface area contributed by atoms with Crippen molar-refractivity contribution in [2.24, 2.45) is 0 Å². The molecular formula is C30H26F3IN6O3. The minimum atomic E-state index is -2.81. The average molecular weight is 702 g/mol. The van der Waals surface area contributed by atoms with Gasteiger partial charge in [0.1, 0.15) is 23.7 Å². The summed E-state index contributed by atoms with van der Waals surface area (Å²) in [5, 5.41) is 12.2. The molecule has 0 unspecified atom stereocenters. The Morgan fingerprint density at radius 3 is 2.58 bits per heavy atom. The molecule has 1 aliphatic heterocycles. The number of benzene rings is 1. The van der Waals surface area contributed by atoms with Crippen molar-refractivity contribution in [1.29, 1.82) is 5.26 Å². The molecule has 13 heteroatoms. The Kier molecular flexibility index (Phi) is 8.95. The quantitative estimate of drug-likeness (QED) is 0.344. The molecular weight excluding hydrogens is 676 g/mol. The molecule has 0 spiro atoms. The van der Waals surface area contributed by atoms with Crippen LogP contribution in [0.2, 0.25) is 0 Å². The summed E-state index contributed by atoms with van der Waals surface area (Å²) in [5.74, 6) is -5.21. The lowest BCUT2D eigenvalue weighted by Gasteiger charge is -2.37. The van der Waals surface area contributed by atoms with Gasteiger partial charge < -0.3 is 5.32 Å². The Balaban J connectivity index is 1.59. The average Bonchev–Trinajstić information content (AvgIpc) is 3.38. The normalized spacial score (nSPS) is 19.0. The van der Waals surface area contributed by atoms with Crippen LogP contribution in [0.25, 0.3) is 0 Å². The van der Waals surface area contributed by atoms with Gasteiger partial charge in [-0.3, -0.25) is 29.2 Å². The maximum Gasteiger partial charge on any atom is 0.251 e. The van der Waals surface area contributed by atoms with Crippen LogP contribution in [-0.2, 0) is 14.4 Å². The second kappa shape index (κ2) is 12.7. The fraction of sp³-hybridized carbons (Fsp3) is 0.333. The number of aromatic nitrogens is 2. The van der Waals surface area contributed by atoms with Crippen LogP contribution in [0, 0.1) is 20.7 Å². The largest absolute Gasteiger partial charge is 0.351 e. The van der Waals surface area contributed by atoms with Gasteiger partial charge in [-0.1, -0.05) is 18.2 Å². The number of pyridine rings is 2. The summed E-state index contributed by atoms with van der Waals surface area (Å²) in [6.07, 6.45) is 2.98. The van der Waals surface area contributed by atoms with Crippen LogP contribution in [0.15, 0.2) is 61.1 Å². The van der Waals surface area contributed by atoms with Crippen molar-refractivity contribution in [2.45, 2.75) is 62.6 Å². The van der Waals surface area contributed by atoms with E-state index in [4.69, 9.17) is 0 Å². The molecule has 3 aromatic rings. The van der Waals surface area contributed by atoms with E-state index in [0.717, 1.165) is 17.2 Å². The molecule has 2 aromatic heterocycles. The number of anilines is 2. The molecule has 0 radical (unpaired) electrons. The van der Waals surface area contributed by atoms with E-state index in [1.807, 2.05) is 28.7 Å². The minimum Gasteiger partial charge on any atom is -0.351 e. The number of carbonyl (C=O) groups is 3. The minimum absolute atomic E-state index is 0.000128. The lowest BCUT2D eigenvalue weighted by molar-refractivity contribution is -0.128. The Bertz CT molecular complexity index is 1590. The fourth-order valence-corrected chi connectivity index (χ4v) is 6.16. The Morgan fingerprint density at radius 1 is 1.14 bits per heavy atom. The number of carbonyl (C=O) groups excluding carboxylic acids is 3. The van der Waals surface area contributed by atoms with Crippen molar-refractivity contribution in [3.05, 3.63) is 81.6 Å². The first-order valence-electron chi connectivity index (χ1n) is 13.6. The van der Waals surface area contributed by atoms with Crippen LogP contribution in [0.5, 0.6) is 0 Å². The van der Waals surface area contributed by atoms with Gasteiger partial charge in [0.15, 0.2) is 0 Å². The monoisotopic (exact) mass is 702 g/mol. The lowest BCUT2D eigenvalue weighted by Crippen LogP contribution is -2.53. The number of nitrogens with one attached hydrogen (secondary N) is 1. The number of nitrogens with zero attached hydrogens (tertiary/aromatic N) is 5. The molecule has 2 atom stereocenters. The summed E-state index contributed by atoms with van der Waals surface area (Å²) in [4.78, 5) is 52.1. The predicted molar refractivity (Wildman–Crippen MR) is 158 cm³/mol. The SMILES string of the molecule is N#Cc1ccnc(N2C(=O)CC[C@H]2C(=O)N(c2cncc(F)c2)[C@H](C(=O)NC2CCC(F)(F)CC2)c2ccccc2I)c1. The second-order valence-corrected chi connectivity index (χ2v) is 11.6. The van der Waals surface area contributed by atoms with Gasteiger partial charge in [-0.15, -0.1) is 0 Å². The molecule has 2 fully saturated rings. The molecule has 2 aliphatic rings. The molecule has 1 saturated carbocycles. The summed E-state index contributed by atoms with van der Waals surface area (Å²) >= 11 is 2.03. The van der Waals surface area contributed by atoms with Gasteiger partial charge in [-0.25, -0.2) is 18.2 Å². The van der Waals surface area contributed by atoms with Crippen LogP contribution in [-0.4, -0.2) is 45.7 Å². The summed E-state index contributed by atoms with van der Waals surface area (Å²) < 4.78 is 42.9. The molecule has 0 bridgehead atoms. The van der Waals surface area contributed by atoms with E-state index >= 15 is 0 Å². The molecule has 43 heavy (non-hydrogen) atoms. The van der Waals surface area contributed by atoms with Crippen LogP contribution >= 0.6 is 22.6 Å². The van der Waals surface area contributed by atoms with E-state index in [1.165, 1.54) is 29.4 Å². The van der Waals surface area contributed by atoms with Gasteiger partial charge in [0.2, 0.25) is 17.7 Å². The summed E-state index contributed by atoms with van der Waals surface area (Å²) in [7, 11) is 0. The molecule has 1 aliphatic carbocycles. The molecule has 3 heterocycles. The highest BCUT2D eigenvalue weighted by Crippen LogP contribution is 2.37. The van der Waals surface area contributed by atoms with Gasteiger partial charge >= 0.3 is 0 Å². The zero-order chi connectivity index (χ0) is 30.7. The van der Waals surface area contributed by atoms with Gasteiger partial charge in [-0.05, 0) is 65.6 Å². The first kappa shape index (κ1) is 30.4. The maximum absolute atomic E-state index is 14.6. The van der Waals surface area contributed by atoms with Crippen molar-refractivity contribution in [1.82, 2.24) is 15.3 Å². The van der Waals surface area contributed by atoms with Crippen molar-refractivity contribution >= 4 is 51.8 Å². The first-order valence-corrected chi connectivity index (χ1v) is 14.7. The highest BCUT2D eigenvalue weighted by atomic mass is 127. The third-order valence-corrected chi connectivity index (χ3v) is 8.58. The number of nitriles is 1. The van der Waals surface area contributed by atoms with E-state index in [-0.39, 0.29) is 55.6 Å². The number of alkyl halides is 2. The highest BCUT2D eigenvalue weighted by Gasteiger charge is 2.45. The highest BCUT2D eigenvalue weighted by molar-refractivity contribution is 14.1. The molecule has 9 nitrogen and oxygen atoms in total. The summed E-state index contributed by atoms with van der Waals surface area (Å²) in [5.41, 5.74) is 0.620. The topological polar surface area (TPSA) is 119 Å². The first-order chi connectivity index (χ1) is 20.6. The van der Waals surface area contributed by atoms with E-state index in [0.29, 0.717) is 9.13 Å². The van der Waals surface area contributed by atoms with Crippen LogP contribution < -0.4 is 15.1 Å².